The number of nitriles is 1. The van der Waals surface area contributed by atoms with Gasteiger partial charge in [-0.15, -0.1) is 0 Å². The van der Waals surface area contributed by atoms with Crippen LogP contribution in [0.4, 0.5) is 29.1 Å². The number of nitrogens with one attached hydrogen (secondary N) is 1. The van der Waals surface area contributed by atoms with E-state index in [2.05, 4.69) is 21.3 Å². The number of rotatable bonds is 6. The Hall–Kier alpha value is -3.21. The first-order valence-electron chi connectivity index (χ1n) is 13.4. The maximum Gasteiger partial charge on any atom is 0.417 e. The lowest BCUT2D eigenvalue weighted by atomic mass is 9.91. The lowest BCUT2D eigenvalue weighted by Crippen LogP contribution is -2.51. The molecule has 0 bridgehead atoms. The van der Waals surface area contributed by atoms with Crippen molar-refractivity contribution in [2.45, 2.75) is 63.6 Å². The predicted molar refractivity (Wildman–Crippen MR) is 139 cm³/mol. The molecule has 2 saturated heterocycles. The summed E-state index contributed by atoms with van der Waals surface area (Å²) in [6.45, 7) is 4.21. The van der Waals surface area contributed by atoms with Crippen LogP contribution >= 0.6 is 0 Å². The highest BCUT2D eigenvalue weighted by Gasteiger charge is 2.41. The summed E-state index contributed by atoms with van der Waals surface area (Å²) in [5.41, 5.74) is 4.58. The van der Waals surface area contributed by atoms with Gasteiger partial charge in [-0.2, -0.15) is 28.4 Å². The van der Waals surface area contributed by atoms with Crippen LogP contribution in [-0.2, 0) is 23.9 Å². The number of aryl methyl sites for hydroxylation is 1. The Bertz CT molecular complexity index is 1300. The number of likely N-dealkylation sites (tertiary alicyclic amines) is 1. The minimum atomic E-state index is -4.80. The largest absolute Gasteiger partial charge is 0.462 e. The Balaban J connectivity index is 1.52. The number of halogens is 4. The maximum atomic E-state index is 15.2. The van der Waals surface area contributed by atoms with Gasteiger partial charge in [-0.3, -0.25) is 0 Å². The molecule has 1 unspecified atom stereocenters. The third-order valence-corrected chi connectivity index (χ3v) is 7.96. The molecule has 2 fully saturated rings. The number of nitrogens with two attached hydrogens (primary N) is 1. The van der Waals surface area contributed by atoms with Gasteiger partial charge in [-0.05, 0) is 45.0 Å². The normalized spacial score (nSPS) is 23.6. The Kier molecular flexibility index (Phi) is 8.03. The number of likely N-dealkylation sites (N-methyl/N-ethyl adjacent to an activating group) is 1. The summed E-state index contributed by atoms with van der Waals surface area (Å²) in [7, 11) is 2.03. The van der Waals surface area contributed by atoms with Gasteiger partial charge in [0.1, 0.15) is 12.4 Å². The Morgan fingerprint density at radius 2 is 2.10 bits per heavy atom. The van der Waals surface area contributed by atoms with Crippen molar-refractivity contribution >= 4 is 11.5 Å². The summed E-state index contributed by atoms with van der Waals surface area (Å²) < 4.78 is 69.4. The first kappa shape index (κ1) is 28.3. The van der Waals surface area contributed by atoms with Gasteiger partial charge < -0.3 is 30.3 Å². The van der Waals surface area contributed by atoms with Crippen molar-refractivity contribution in [3.05, 3.63) is 39.8 Å². The number of fused-ring (bicyclic) bond motifs is 1. The molecule has 2 aromatic rings. The predicted octanol–water partition coefficient (Wildman–Crippen LogP) is 3.50. The summed E-state index contributed by atoms with van der Waals surface area (Å²) in [4.78, 5) is 13.5. The number of nitrogen functional groups attached to an aromatic ring is 1. The van der Waals surface area contributed by atoms with Gasteiger partial charge in [0.25, 0.3) is 0 Å². The highest BCUT2D eigenvalue weighted by Crippen LogP contribution is 2.44. The van der Waals surface area contributed by atoms with Crippen molar-refractivity contribution in [1.82, 2.24) is 20.2 Å². The van der Waals surface area contributed by atoms with E-state index in [4.69, 9.17) is 20.2 Å². The van der Waals surface area contributed by atoms with Crippen LogP contribution in [0, 0.1) is 24.1 Å². The second-order valence-corrected chi connectivity index (χ2v) is 10.7. The van der Waals surface area contributed by atoms with Crippen LogP contribution in [0.15, 0.2) is 6.07 Å². The zero-order valence-electron chi connectivity index (χ0n) is 22.5. The quantitative estimate of drug-likeness (QED) is 0.403. The first-order chi connectivity index (χ1) is 19.1. The molecule has 3 aliphatic rings. The second kappa shape index (κ2) is 11.3. The molecule has 3 N–H and O–H groups in total. The fraction of sp³-hybridized carbons (Fsp3) is 0.593. The van der Waals surface area contributed by atoms with Crippen LogP contribution in [0.1, 0.15) is 53.3 Å². The Morgan fingerprint density at radius 1 is 1.30 bits per heavy atom. The number of nitrogens with zero attached hydrogens (tertiary/aromatic N) is 5. The molecule has 216 valence electrons. The lowest BCUT2D eigenvalue weighted by molar-refractivity contribution is -0.140. The minimum absolute atomic E-state index is 0.0724. The van der Waals surface area contributed by atoms with Crippen LogP contribution in [0.25, 0.3) is 0 Å². The molecule has 0 aliphatic carbocycles. The monoisotopic (exact) mass is 563 g/mol. The zero-order chi connectivity index (χ0) is 28.6. The number of hydrogen-bond donors (Lipinski definition) is 2. The fourth-order valence-corrected chi connectivity index (χ4v) is 5.89. The van der Waals surface area contributed by atoms with E-state index in [1.54, 1.807) is 0 Å². The maximum absolute atomic E-state index is 15.2. The van der Waals surface area contributed by atoms with Gasteiger partial charge in [-0.1, -0.05) is 0 Å². The van der Waals surface area contributed by atoms with Crippen molar-refractivity contribution in [2.24, 2.45) is 0 Å². The molecule has 0 radical (unpaired) electrons. The van der Waals surface area contributed by atoms with E-state index < -0.39 is 29.2 Å². The molecule has 1 aromatic carbocycles. The van der Waals surface area contributed by atoms with Gasteiger partial charge in [0.15, 0.2) is 5.82 Å². The molecule has 3 atom stereocenters. The van der Waals surface area contributed by atoms with Crippen LogP contribution in [0.5, 0.6) is 6.01 Å². The molecule has 1 aromatic heterocycles. The molecule has 9 nitrogen and oxygen atoms in total. The number of ether oxygens (including phenoxy) is 2. The first-order valence-corrected chi connectivity index (χ1v) is 13.4. The number of piperazine rings is 1. The van der Waals surface area contributed by atoms with Crippen molar-refractivity contribution in [2.75, 3.05) is 50.5 Å². The van der Waals surface area contributed by atoms with Crippen molar-refractivity contribution < 1.29 is 27.0 Å². The van der Waals surface area contributed by atoms with Gasteiger partial charge in [0.2, 0.25) is 0 Å². The topological polar surface area (TPSA) is 113 Å². The summed E-state index contributed by atoms with van der Waals surface area (Å²) in [5.74, 6) is -0.578. The summed E-state index contributed by atoms with van der Waals surface area (Å²) in [6.07, 6.45) is -3.81. The Labute approximate surface area is 230 Å². The number of alkyl halides is 3. The average molecular weight is 564 g/mol. The van der Waals surface area contributed by atoms with Crippen molar-refractivity contribution in [3.63, 3.8) is 0 Å². The second-order valence-electron chi connectivity index (χ2n) is 10.7. The van der Waals surface area contributed by atoms with E-state index in [1.807, 2.05) is 11.9 Å². The molecule has 0 saturated carbocycles. The molecule has 0 spiro atoms. The third kappa shape index (κ3) is 5.66. The van der Waals surface area contributed by atoms with Gasteiger partial charge in [0.05, 0.1) is 42.1 Å². The highest BCUT2D eigenvalue weighted by molar-refractivity contribution is 5.55. The molecular formula is C27H33F4N7O2. The third-order valence-electron chi connectivity index (χ3n) is 7.96. The molecular weight excluding hydrogens is 530 g/mol. The van der Waals surface area contributed by atoms with Gasteiger partial charge in [-0.25, -0.2) is 4.39 Å². The molecule has 3 aliphatic heterocycles. The number of benzene rings is 1. The number of aromatic nitrogens is 2. The van der Waals surface area contributed by atoms with Crippen LogP contribution in [0.2, 0.25) is 0 Å². The van der Waals surface area contributed by atoms with Gasteiger partial charge >= 0.3 is 12.2 Å². The summed E-state index contributed by atoms with van der Waals surface area (Å²) in [6, 6.07) is 3.42. The minimum Gasteiger partial charge on any atom is -0.462 e. The number of anilines is 2. The van der Waals surface area contributed by atoms with E-state index in [1.165, 1.54) is 6.92 Å². The summed E-state index contributed by atoms with van der Waals surface area (Å²) >= 11 is 0. The SMILES string of the molecule is Cc1cc(N)c(F)c(C2Cc3nc(OC[C@@H]4CCCN4C)nc(N4CCN[C@@H](CC#N)C4)c3CO2)c1C(F)(F)F. The zero-order valence-corrected chi connectivity index (χ0v) is 22.5. The summed E-state index contributed by atoms with van der Waals surface area (Å²) in [5, 5.41) is 12.5. The van der Waals surface area contributed by atoms with E-state index in [-0.39, 0.29) is 42.4 Å². The fourth-order valence-electron chi connectivity index (χ4n) is 5.89. The molecule has 13 heteroatoms. The highest BCUT2D eigenvalue weighted by atomic mass is 19.4. The van der Waals surface area contributed by atoms with Crippen molar-refractivity contribution in [1.29, 1.82) is 5.26 Å². The van der Waals surface area contributed by atoms with E-state index >= 15 is 4.39 Å². The Morgan fingerprint density at radius 3 is 2.80 bits per heavy atom. The molecule has 5 rings (SSSR count). The number of hydrogen-bond acceptors (Lipinski definition) is 9. The smallest absolute Gasteiger partial charge is 0.417 e. The van der Waals surface area contributed by atoms with Crippen LogP contribution in [-0.4, -0.2) is 66.8 Å². The van der Waals surface area contributed by atoms with Crippen LogP contribution in [0.3, 0.4) is 0 Å². The van der Waals surface area contributed by atoms with E-state index in [9.17, 15) is 18.4 Å². The molecule has 0 amide bonds. The molecule has 4 heterocycles. The van der Waals surface area contributed by atoms with Crippen molar-refractivity contribution in [3.8, 4) is 12.1 Å². The lowest BCUT2D eigenvalue weighted by Gasteiger charge is -2.36. The van der Waals surface area contributed by atoms with E-state index in [0.717, 1.165) is 25.5 Å². The average Bonchev–Trinajstić information content (AvgIpc) is 3.32. The van der Waals surface area contributed by atoms with E-state index in [0.29, 0.717) is 49.7 Å². The standard InChI is InChI=1S/C27H33F4N7O2/c1-15-10-19(33)24(28)22(23(15)27(29,30)31)21-11-20-18(14-39-21)25(38-9-7-34-16(12-38)5-6-32)36-26(35-20)40-13-17-4-3-8-37(17)2/h10,16-17,21,34H,3-5,7-9,11-14,33H2,1-2H3/t16-,17-,21?/m0/s1. The van der Waals surface area contributed by atoms with Crippen LogP contribution < -0.4 is 20.7 Å². The van der Waals surface area contributed by atoms with Gasteiger partial charge in [0, 0.05) is 49.3 Å². The molecule has 40 heavy (non-hydrogen) atoms.